The van der Waals surface area contributed by atoms with Crippen LogP contribution in [0.5, 0.6) is 0 Å². The van der Waals surface area contributed by atoms with Gasteiger partial charge in [-0.15, -0.1) is 0 Å². The highest BCUT2D eigenvalue weighted by molar-refractivity contribution is 4.87. The zero-order valence-electron chi connectivity index (χ0n) is 14.0. The predicted molar refractivity (Wildman–Crippen MR) is 83.2 cm³/mol. The first-order chi connectivity index (χ1) is 12.0. The Labute approximate surface area is 146 Å². The summed E-state index contributed by atoms with van der Waals surface area (Å²) in [5, 5.41) is 49.2. The van der Waals surface area contributed by atoms with E-state index in [1.807, 2.05) is 0 Å². The highest BCUT2D eigenvalue weighted by Gasteiger charge is 2.44. The van der Waals surface area contributed by atoms with Gasteiger partial charge in [0.1, 0.15) is 36.6 Å². The SMILES string of the molecule is NCCCCCO[C@@H]1OC[C@@H](O[C@@H]2OC[C@@H](O)C(O)C2O)C(O)C1O. The first-order valence-corrected chi connectivity index (χ1v) is 8.56. The zero-order valence-corrected chi connectivity index (χ0v) is 14.0. The molecule has 8 atom stereocenters. The van der Waals surface area contributed by atoms with Crippen LogP contribution in [0.15, 0.2) is 0 Å². The fourth-order valence-electron chi connectivity index (χ4n) is 2.73. The Balaban J connectivity index is 1.77. The van der Waals surface area contributed by atoms with Crippen molar-refractivity contribution in [3.63, 3.8) is 0 Å². The van der Waals surface area contributed by atoms with E-state index in [-0.39, 0.29) is 13.2 Å². The minimum Gasteiger partial charge on any atom is -0.388 e. The van der Waals surface area contributed by atoms with Crippen molar-refractivity contribution in [1.82, 2.24) is 0 Å². The average molecular weight is 367 g/mol. The molecule has 2 rings (SSSR count). The third-order valence-corrected chi connectivity index (χ3v) is 4.33. The highest BCUT2D eigenvalue weighted by atomic mass is 16.7. The number of hydrogen-bond donors (Lipinski definition) is 6. The van der Waals surface area contributed by atoms with E-state index in [0.29, 0.717) is 13.2 Å². The van der Waals surface area contributed by atoms with Crippen LogP contribution in [-0.4, -0.2) is 101 Å². The van der Waals surface area contributed by atoms with Crippen LogP contribution in [-0.2, 0) is 18.9 Å². The second-order valence-corrected chi connectivity index (χ2v) is 6.33. The van der Waals surface area contributed by atoms with Crippen LogP contribution < -0.4 is 5.73 Å². The minimum absolute atomic E-state index is 0.0864. The van der Waals surface area contributed by atoms with Gasteiger partial charge >= 0.3 is 0 Å². The van der Waals surface area contributed by atoms with E-state index in [0.717, 1.165) is 19.3 Å². The van der Waals surface area contributed by atoms with Gasteiger partial charge in [-0.3, -0.25) is 0 Å². The van der Waals surface area contributed by atoms with Crippen molar-refractivity contribution in [3.05, 3.63) is 0 Å². The molecule has 0 bridgehead atoms. The summed E-state index contributed by atoms with van der Waals surface area (Å²) in [6.07, 6.45) is -7.41. The summed E-state index contributed by atoms with van der Waals surface area (Å²) in [5.41, 5.74) is 5.40. The average Bonchev–Trinajstić information content (AvgIpc) is 2.60. The first kappa shape index (κ1) is 20.9. The van der Waals surface area contributed by atoms with Crippen LogP contribution in [0, 0.1) is 0 Å². The zero-order chi connectivity index (χ0) is 18.4. The van der Waals surface area contributed by atoms with E-state index in [1.54, 1.807) is 0 Å². The number of unbranched alkanes of at least 4 members (excludes halogenated alkanes) is 2. The number of ether oxygens (including phenoxy) is 4. The second kappa shape index (κ2) is 10.1. The van der Waals surface area contributed by atoms with Crippen molar-refractivity contribution in [1.29, 1.82) is 0 Å². The van der Waals surface area contributed by atoms with Gasteiger partial charge in [0.2, 0.25) is 0 Å². The molecule has 0 aromatic heterocycles. The second-order valence-electron chi connectivity index (χ2n) is 6.33. The molecule has 2 fully saturated rings. The van der Waals surface area contributed by atoms with E-state index in [2.05, 4.69) is 0 Å². The molecule has 0 spiro atoms. The first-order valence-electron chi connectivity index (χ1n) is 8.56. The summed E-state index contributed by atoms with van der Waals surface area (Å²) >= 11 is 0. The molecule has 4 unspecified atom stereocenters. The molecular formula is C15H29NO9. The Bertz CT molecular complexity index is 388. The van der Waals surface area contributed by atoms with Crippen molar-refractivity contribution in [2.45, 2.75) is 68.5 Å². The lowest BCUT2D eigenvalue weighted by Crippen LogP contribution is -2.59. The van der Waals surface area contributed by atoms with E-state index in [1.165, 1.54) is 0 Å². The molecule has 0 amide bonds. The van der Waals surface area contributed by atoms with Crippen LogP contribution >= 0.6 is 0 Å². The summed E-state index contributed by atoms with van der Waals surface area (Å²) < 4.78 is 21.3. The Hall–Kier alpha value is -0.400. The molecule has 0 radical (unpaired) electrons. The van der Waals surface area contributed by atoms with E-state index >= 15 is 0 Å². The molecular weight excluding hydrogens is 338 g/mol. The van der Waals surface area contributed by atoms with Gasteiger partial charge in [0.15, 0.2) is 12.6 Å². The fraction of sp³-hybridized carbons (Fsp3) is 1.00. The van der Waals surface area contributed by atoms with Gasteiger partial charge in [-0.1, -0.05) is 0 Å². The lowest BCUT2D eigenvalue weighted by atomic mass is 10.0. The van der Waals surface area contributed by atoms with Gasteiger partial charge in [0.05, 0.1) is 13.2 Å². The molecule has 25 heavy (non-hydrogen) atoms. The number of aliphatic hydroxyl groups excluding tert-OH is 5. The monoisotopic (exact) mass is 367 g/mol. The maximum absolute atomic E-state index is 10.2. The number of hydrogen-bond acceptors (Lipinski definition) is 10. The summed E-state index contributed by atoms with van der Waals surface area (Å²) in [5.74, 6) is 0. The van der Waals surface area contributed by atoms with Crippen molar-refractivity contribution in [2.75, 3.05) is 26.4 Å². The van der Waals surface area contributed by atoms with Gasteiger partial charge in [-0.25, -0.2) is 0 Å². The molecule has 7 N–H and O–H groups in total. The summed E-state index contributed by atoms with van der Waals surface area (Å²) in [7, 11) is 0. The maximum Gasteiger partial charge on any atom is 0.186 e. The molecule has 2 heterocycles. The van der Waals surface area contributed by atoms with Crippen LogP contribution in [0.1, 0.15) is 19.3 Å². The molecule has 0 aliphatic carbocycles. The van der Waals surface area contributed by atoms with Crippen LogP contribution in [0.25, 0.3) is 0 Å². The lowest BCUT2D eigenvalue weighted by molar-refractivity contribution is -0.328. The van der Waals surface area contributed by atoms with Gasteiger partial charge in [-0.2, -0.15) is 0 Å². The Morgan fingerprint density at radius 2 is 1.48 bits per heavy atom. The van der Waals surface area contributed by atoms with E-state index < -0.39 is 49.2 Å². The van der Waals surface area contributed by atoms with Gasteiger partial charge in [-0.05, 0) is 25.8 Å². The van der Waals surface area contributed by atoms with Gasteiger partial charge in [0.25, 0.3) is 0 Å². The maximum atomic E-state index is 10.2. The smallest absolute Gasteiger partial charge is 0.186 e. The Morgan fingerprint density at radius 3 is 2.20 bits per heavy atom. The van der Waals surface area contributed by atoms with Crippen molar-refractivity contribution in [2.24, 2.45) is 5.73 Å². The van der Waals surface area contributed by atoms with Crippen molar-refractivity contribution < 1.29 is 44.5 Å². The van der Waals surface area contributed by atoms with E-state index in [4.69, 9.17) is 24.7 Å². The fourth-order valence-corrected chi connectivity index (χ4v) is 2.73. The third-order valence-electron chi connectivity index (χ3n) is 4.33. The summed E-state index contributed by atoms with van der Waals surface area (Å²) in [4.78, 5) is 0. The van der Waals surface area contributed by atoms with Crippen LogP contribution in [0.2, 0.25) is 0 Å². The molecule has 2 saturated heterocycles. The van der Waals surface area contributed by atoms with Gasteiger partial charge < -0.3 is 50.2 Å². The quantitative estimate of drug-likeness (QED) is 0.244. The minimum atomic E-state index is -1.48. The molecule has 10 heteroatoms. The molecule has 10 nitrogen and oxygen atoms in total. The number of aliphatic hydroxyl groups is 5. The Kier molecular flexibility index (Phi) is 8.42. The lowest BCUT2D eigenvalue weighted by Gasteiger charge is -2.41. The molecule has 148 valence electrons. The highest BCUT2D eigenvalue weighted by Crippen LogP contribution is 2.24. The number of nitrogens with two attached hydrogens (primary N) is 1. The summed E-state index contributed by atoms with van der Waals surface area (Å²) in [6.45, 7) is 0.677. The van der Waals surface area contributed by atoms with Crippen molar-refractivity contribution in [3.8, 4) is 0 Å². The molecule has 0 aromatic rings. The van der Waals surface area contributed by atoms with Crippen molar-refractivity contribution >= 4 is 0 Å². The summed E-state index contributed by atoms with van der Waals surface area (Å²) in [6, 6.07) is 0. The predicted octanol–water partition coefficient (Wildman–Crippen LogP) is -2.97. The van der Waals surface area contributed by atoms with Crippen LogP contribution in [0.3, 0.4) is 0 Å². The molecule has 2 aliphatic rings. The standard InChI is InChI=1S/C15H29NO9/c16-4-2-1-3-5-22-14-13(21)11(19)9(7-24-14)25-15-12(20)10(18)8(17)6-23-15/h8-15,17-21H,1-7,16H2/t8-,9-,10?,11?,12?,13?,14-,15+/m1/s1. The molecule has 2 aliphatic heterocycles. The molecule has 0 aromatic carbocycles. The molecule has 0 saturated carbocycles. The normalized spacial score (nSPS) is 42.5. The largest absolute Gasteiger partial charge is 0.388 e. The Morgan fingerprint density at radius 1 is 0.800 bits per heavy atom. The third kappa shape index (κ3) is 5.54. The van der Waals surface area contributed by atoms with E-state index in [9.17, 15) is 25.5 Å². The van der Waals surface area contributed by atoms with Crippen LogP contribution in [0.4, 0.5) is 0 Å². The van der Waals surface area contributed by atoms with Gasteiger partial charge in [0, 0.05) is 6.61 Å². The topological polar surface area (TPSA) is 164 Å². The number of rotatable bonds is 8.